The fourth-order valence-electron chi connectivity index (χ4n) is 5.19. The van der Waals surface area contributed by atoms with Crippen LogP contribution in [0.15, 0.2) is 54.6 Å². The third kappa shape index (κ3) is 14.1. The predicted octanol–water partition coefficient (Wildman–Crippen LogP) is 3.96. The van der Waals surface area contributed by atoms with Gasteiger partial charge in [0, 0.05) is 6.04 Å². The van der Waals surface area contributed by atoms with Gasteiger partial charge in [-0.05, 0) is 53.4 Å². The summed E-state index contributed by atoms with van der Waals surface area (Å²) < 4.78 is 75.1. The zero-order valence-electron chi connectivity index (χ0n) is 30.9. The van der Waals surface area contributed by atoms with Crippen molar-refractivity contribution in [2.45, 2.75) is 96.6 Å². The lowest BCUT2D eigenvalue weighted by molar-refractivity contribution is -0.128. The normalized spacial score (nSPS) is 15.1. The number of methoxy groups -OCH3 is 2. The molecule has 0 aliphatic heterocycles. The molecule has 18 heteroatoms. The molecule has 5 N–H and O–H groups in total. The predicted molar refractivity (Wildman–Crippen MR) is 188 cm³/mol. The molecular weight excluding hydrogens is 725 g/mol. The van der Waals surface area contributed by atoms with Crippen molar-refractivity contribution in [2.75, 3.05) is 14.2 Å². The number of aliphatic hydroxyl groups excluding tert-OH is 1. The van der Waals surface area contributed by atoms with Crippen LogP contribution in [0.25, 0.3) is 0 Å². The number of aliphatic hydroxyl groups is 1. The molecule has 0 radical (unpaired) electrons. The van der Waals surface area contributed by atoms with Crippen LogP contribution in [0.4, 0.5) is 22.8 Å². The molecule has 0 aliphatic rings. The van der Waals surface area contributed by atoms with Gasteiger partial charge >= 0.3 is 27.8 Å². The molecule has 0 heterocycles. The Morgan fingerprint density at radius 2 is 1.15 bits per heavy atom. The van der Waals surface area contributed by atoms with Crippen molar-refractivity contribution in [3.8, 4) is 5.75 Å². The summed E-state index contributed by atoms with van der Waals surface area (Å²) in [7, 11) is -3.65. The maximum atomic E-state index is 13.7. The van der Waals surface area contributed by atoms with E-state index < -0.39 is 86.5 Å². The number of hydrogen-bond acceptors (Lipinski definition) is 10. The first-order valence-electron chi connectivity index (χ1n) is 16.5. The molecule has 53 heavy (non-hydrogen) atoms. The summed E-state index contributed by atoms with van der Waals surface area (Å²) in [5.74, 6) is -1.90. The van der Waals surface area contributed by atoms with Crippen LogP contribution in [0.3, 0.4) is 0 Å². The number of alkyl halides is 3. The van der Waals surface area contributed by atoms with Gasteiger partial charge in [0.2, 0.25) is 11.8 Å². The van der Waals surface area contributed by atoms with Gasteiger partial charge in [-0.3, -0.25) is 9.59 Å². The van der Waals surface area contributed by atoms with Crippen molar-refractivity contribution in [1.82, 2.24) is 21.3 Å². The largest absolute Gasteiger partial charge is 0.534 e. The van der Waals surface area contributed by atoms with Crippen molar-refractivity contribution in [3.05, 3.63) is 65.7 Å². The second kappa shape index (κ2) is 18.4. The number of benzene rings is 2. The summed E-state index contributed by atoms with van der Waals surface area (Å²) in [5, 5.41) is 22.5. The van der Waals surface area contributed by atoms with Crippen molar-refractivity contribution in [3.63, 3.8) is 0 Å². The first kappa shape index (κ1) is 44.6. The molecule has 5 atom stereocenters. The van der Waals surface area contributed by atoms with E-state index in [0.717, 1.165) is 31.9 Å². The molecule has 0 aromatic heterocycles. The highest BCUT2D eigenvalue weighted by atomic mass is 32.2. The number of alkyl carbamates (subject to hydrolysis) is 2. The number of nitrogens with one attached hydrogen (secondary N) is 4. The Bertz CT molecular complexity index is 1650. The lowest BCUT2D eigenvalue weighted by Gasteiger charge is -2.34. The second-order valence-electron chi connectivity index (χ2n) is 14.5. The smallest absolute Gasteiger partial charge is 0.453 e. The van der Waals surface area contributed by atoms with Crippen molar-refractivity contribution < 1.29 is 59.5 Å². The van der Waals surface area contributed by atoms with Crippen LogP contribution in [0.2, 0.25) is 0 Å². The number of amides is 4. The van der Waals surface area contributed by atoms with Crippen molar-refractivity contribution >= 4 is 34.1 Å². The summed E-state index contributed by atoms with van der Waals surface area (Å²) in [4.78, 5) is 51.7. The summed E-state index contributed by atoms with van der Waals surface area (Å²) in [6.45, 7) is 10.3. The van der Waals surface area contributed by atoms with E-state index in [1.165, 1.54) is 12.1 Å². The van der Waals surface area contributed by atoms with E-state index in [2.05, 4.69) is 30.2 Å². The zero-order chi connectivity index (χ0) is 40.4. The molecule has 2 aromatic rings. The van der Waals surface area contributed by atoms with Crippen LogP contribution in [0, 0.1) is 10.8 Å². The standard InChI is InChI=1S/C35H49F3N4O10S/c1-33(2,3)27(41-31(46)50-7)29(44)39-23(18-21-12-10-9-11-13-21)20-26(43)25(40-30(45)28(34(4,5)6)42-32(47)51-8)19-22-14-16-24(17-15-22)52-53(48,49)35(36,37)38/h9-17,23,25-28,43H,18-20H2,1-8H3,(H,39,44)(H,40,45)(H,41,46)(H,42,47)/t23-,25-,26-,27+,28+/m0/s1. The summed E-state index contributed by atoms with van der Waals surface area (Å²) >= 11 is 0. The molecule has 2 aromatic carbocycles. The Morgan fingerprint density at radius 3 is 1.58 bits per heavy atom. The van der Waals surface area contributed by atoms with Crippen LogP contribution in [0.5, 0.6) is 5.75 Å². The number of rotatable bonds is 15. The quantitative estimate of drug-likeness (QED) is 0.130. The van der Waals surface area contributed by atoms with Crippen LogP contribution >= 0.6 is 0 Å². The van der Waals surface area contributed by atoms with E-state index in [0.29, 0.717) is 5.56 Å². The molecular formula is C35H49F3N4O10S. The van der Waals surface area contributed by atoms with E-state index in [-0.39, 0.29) is 19.3 Å². The topological polar surface area (TPSA) is 198 Å². The van der Waals surface area contributed by atoms with Gasteiger partial charge in [0.25, 0.3) is 0 Å². The van der Waals surface area contributed by atoms with E-state index >= 15 is 0 Å². The molecule has 0 unspecified atom stereocenters. The third-order valence-corrected chi connectivity index (χ3v) is 8.99. The van der Waals surface area contributed by atoms with E-state index in [9.17, 15) is 45.9 Å². The zero-order valence-corrected chi connectivity index (χ0v) is 31.7. The molecule has 2 rings (SSSR count). The first-order chi connectivity index (χ1) is 24.4. The molecule has 4 amide bonds. The molecule has 0 aliphatic carbocycles. The van der Waals surface area contributed by atoms with Crippen LogP contribution < -0.4 is 25.5 Å². The van der Waals surface area contributed by atoms with Crippen LogP contribution in [-0.2, 0) is 42.0 Å². The molecule has 0 saturated heterocycles. The minimum absolute atomic E-state index is 0.144. The van der Waals surface area contributed by atoms with Crippen LogP contribution in [-0.4, -0.2) is 87.5 Å². The van der Waals surface area contributed by atoms with E-state index in [1.807, 2.05) is 12.1 Å². The van der Waals surface area contributed by atoms with Gasteiger partial charge < -0.3 is 40.0 Å². The van der Waals surface area contributed by atoms with Gasteiger partial charge in [0.1, 0.15) is 17.8 Å². The van der Waals surface area contributed by atoms with Gasteiger partial charge in [-0.25, -0.2) is 9.59 Å². The van der Waals surface area contributed by atoms with Gasteiger partial charge in [-0.1, -0.05) is 84.0 Å². The molecule has 0 fully saturated rings. The summed E-state index contributed by atoms with van der Waals surface area (Å²) in [6.07, 6.45) is -3.21. The second-order valence-corrected chi connectivity index (χ2v) is 16.1. The maximum absolute atomic E-state index is 13.7. The minimum atomic E-state index is -5.93. The van der Waals surface area contributed by atoms with Gasteiger partial charge in [0.05, 0.1) is 26.4 Å². The van der Waals surface area contributed by atoms with Crippen molar-refractivity contribution in [1.29, 1.82) is 0 Å². The van der Waals surface area contributed by atoms with Crippen molar-refractivity contribution in [2.24, 2.45) is 10.8 Å². The fourth-order valence-corrected chi connectivity index (χ4v) is 5.65. The average molecular weight is 775 g/mol. The van der Waals surface area contributed by atoms with Gasteiger partial charge in [-0.15, -0.1) is 0 Å². The number of carbonyl (C=O) groups excluding carboxylic acids is 4. The number of carbonyl (C=O) groups is 4. The maximum Gasteiger partial charge on any atom is 0.534 e. The van der Waals surface area contributed by atoms with Crippen LogP contribution in [0.1, 0.15) is 59.1 Å². The lowest BCUT2D eigenvalue weighted by Crippen LogP contribution is -2.59. The summed E-state index contributed by atoms with van der Waals surface area (Å²) in [5.41, 5.74) is -6.14. The number of halogens is 3. The Hall–Kier alpha value is -4.58. The van der Waals surface area contributed by atoms with E-state index in [1.54, 1.807) is 59.7 Å². The molecule has 0 saturated carbocycles. The first-order valence-corrected chi connectivity index (χ1v) is 17.9. The molecule has 0 spiro atoms. The molecule has 296 valence electrons. The molecule has 14 nitrogen and oxygen atoms in total. The van der Waals surface area contributed by atoms with Gasteiger partial charge in [0.15, 0.2) is 0 Å². The SMILES string of the molecule is COC(=O)N[C@H](C(=O)N[C@@H](Cc1ccccc1)C[C@H](O)[C@H](Cc1ccc(OS(=O)(=O)C(F)(F)F)cc1)NC(=O)[C@@H](NC(=O)OC)C(C)(C)C)C(C)(C)C. The average Bonchev–Trinajstić information content (AvgIpc) is 3.04. The van der Waals surface area contributed by atoms with Gasteiger partial charge in [-0.2, -0.15) is 21.6 Å². The third-order valence-electron chi connectivity index (χ3n) is 8.01. The monoisotopic (exact) mass is 774 g/mol. The number of hydrogen-bond donors (Lipinski definition) is 5. The highest BCUT2D eigenvalue weighted by Crippen LogP contribution is 2.28. The highest BCUT2D eigenvalue weighted by molar-refractivity contribution is 7.88. The van der Waals surface area contributed by atoms with E-state index in [4.69, 9.17) is 4.74 Å². The summed E-state index contributed by atoms with van der Waals surface area (Å²) in [6, 6.07) is 9.37. The Kier molecular flexibility index (Phi) is 15.5. The molecule has 0 bridgehead atoms. The number of ether oxygens (including phenoxy) is 2. The lowest BCUT2D eigenvalue weighted by atomic mass is 9.85. The Labute approximate surface area is 307 Å². The fraction of sp³-hybridized carbons (Fsp3) is 0.543. The highest BCUT2D eigenvalue weighted by Gasteiger charge is 2.48. The Morgan fingerprint density at radius 1 is 0.698 bits per heavy atom. The Balaban J connectivity index is 2.52. The minimum Gasteiger partial charge on any atom is -0.453 e.